The molecule has 0 aliphatic heterocycles. The van der Waals surface area contributed by atoms with E-state index >= 15 is 0 Å². The minimum atomic E-state index is 1.13. The van der Waals surface area contributed by atoms with Crippen LogP contribution in [-0.4, -0.2) is 0 Å². The Morgan fingerprint density at radius 1 is 0.857 bits per heavy atom. The first kappa shape index (κ1) is 13.7. The van der Waals surface area contributed by atoms with Crippen LogP contribution in [0.15, 0.2) is 34.8 Å². The van der Waals surface area contributed by atoms with Gasteiger partial charge in [-0.1, -0.05) is 80.1 Å². The van der Waals surface area contributed by atoms with Gasteiger partial charge < -0.3 is 0 Å². The van der Waals surface area contributed by atoms with Crippen LogP contribution >= 0.6 is 15.9 Å². The number of rotatable bonds is 4. The van der Waals surface area contributed by atoms with Crippen LogP contribution in [0.3, 0.4) is 0 Å². The van der Waals surface area contributed by atoms with Crippen LogP contribution in [0.5, 0.6) is 0 Å². The van der Waals surface area contributed by atoms with Crippen LogP contribution in [0.4, 0.5) is 0 Å². The molecular weight excluding hydrogens is 236 g/mol. The summed E-state index contributed by atoms with van der Waals surface area (Å²) in [6.07, 6.45) is 7.01. The van der Waals surface area contributed by atoms with Gasteiger partial charge in [-0.25, -0.2) is 0 Å². The lowest BCUT2D eigenvalue weighted by Crippen LogP contribution is -1.70. The molecule has 0 bridgehead atoms. The summed E-state index contributed by atoms with van der Waals surface area (Å²) < 4.78 is 1.13. The van der Waals surface area contributed by atoms with Gasteiger partial charge in [0.1, 0.15) is 0 Å². The molecule has 1 aromatic carbocycles. The first-order valence-corrected chi connectivity index (χ1v) is 6.31. The smallest absolute Gasteiger partial charge is 0.0175 e. The lowest BCUT2D eigenvalue weighted by molar-refractivity contribution is 0.656. The molecule has 1 heteroatoms. The van der Waals surface area contributed by atoms with Gasteiger partial charge in [0.05, 0.1) is 0 Å². The van der Waals surface area contributed by atoms with Gasteiger partial charge in [0.2, 0.25) is 0 Å². The third-order valence-electron chi connectivity index (χ3n) is 1.94. The summed E-state index contributed by atoms with van der Waals surface area (Å²) in [4.78, 5) is 0. The van der Waals surface area contributed by atoms with Gasteiger partial charge in [-0.3, -0.25) is 0 Å². The molecule has 0 saturated heterocycles. The highest BCUT2D eigenvalue weighted by Crippen LogP contribution is 2.05. The van der Waals surface area contributed by atoms with Gasteiger partial charge in [-0.2, -0.15) is 0 Å². The SMILES string of the molecule is Brc1ccccc1.CCCCCCC. The summed E-state index contributed by atoms with van der Waals surface area (Å²) in [6.45, 7) is 4.49. The molecule has 0 aliphatic rings. The molecule has 0 heterocycles. The lowest BCUT2D eigenvalue weighted by atomic mass is 10.2. The summed E-state index contributed by atoms with van der Waals surface area (Å²) in [5.41, 5.74) is 0. The second-order valence-electron chi connectivity index (χ2n) is 3.36. The minimum Gasteiger partial charge on any atom is -0.0654 e. The molecule has 0 aromatic heterocycles. The Balaban J connectivity index is 0.000000241. The van der Waals surface area contributed by atoms with Gasteiger partial charge in [-0.05, 0) is 12.1 Å². The predicted molar refractivity (Wildman–Crippen MR) is 68.6 cm³/mol. The van der Waals surface area contributed by atoms with Crippen molar-refractivity contribution in [1.29, 1.82) is 0 Å². The summed E-state index contributed by atoms with van der Waals surface area (Å²) >= 11 is 3.31. The summed E-state index contributed by atoms with van der Waals surface area (Å²) in [5, 5.41) is 0. The Kier molecular flexibility index (Phi) is 10.5. The highest BCUT2D eigenvalue weighted by molar-refractivity contribution is 9.10. The van der Waals surface area contributed by atoms with E-state index in [0.29, 0.717) is 0 Å². The van der Waals surface area contributed by atoms with E-state index in [1.54, 1.807) is 0 Å². The van der Waals surface area contributed by atoms with Gasteiger partial charge >= 0.3 is 0 Å². The molecule has 0 atom stereocenters. The fourth-order valence-corrected chi connectivity index (χ4v) is 1.40. The summed E-state index contributed by atoms with van der Waals surface area (Å²) in [7, 11) is 0. The largest absolute Gasteiger partial charge is 0.0654 e. The molecule has 0 radical (unpaired) electrons. The minimum absolute atomic E-state index is 1.13. The normalized spacial score (nSPS) is 9.07. The Bertz CT molecular complexity index is 190. The van der Waals surface area contributed by atoms with Crippen molar-refractivity contribution < 1.29 is 0 Å². The van der Waals surface area contributed by atoms with Gasteiger partial charge in [-0.15, -0.1) is 0 Å². The van der Waals surface area contributed by atoms with Gasteiger partial charge in [0.25, 0.3) is 0 Å². The maximum atomic E-state index is 3.31. The van der Waals surface area contributed by atoms with Crippen LogP contribution in [0.2, 0.25) is 0 Å². The van der Waals surface area contributed by atoms with Crippen molar-refractivity contribution >= 4 is 15.9 Å². The van der Waals surface area contributed by atoms with Crippen molar-refractivity contribution in [1.82, 2.24) is 0 Å². The lowest BCUT2D eigenvalue weighted by Gasteiger charge is -1.90. The molecular formula is C13H21Br. The van der Waals surface area contributed by atoms with Crippen LogP contribution in [0, 0.1) is 0 Å². The number of hydrogen-bond donors (Lipinski definition) is 0. The van der Waals surface area contributed by atoms with Gasteiger partial charge in [0, 0.05) is 4.47 Å². The fourth-order valence-electron chi connectivity index (χ4n) is 1.09. The van der Waals surface area contributed by atoms with Crippen molar-refractivity contribution in [2.24, 2.45) is 0 Å². The molecule has 80 valence electrons. The zero-order valence-electron chi connectivity index (χ0n) is 9.30. The molecule has 0 fully saturated rings. The topological polar surface area (TPSA) is 0 Å². The van der Waals surface area contributed by atoms with E-state index in [9.17, 15) is 0 Å². The van der Waals surface area contributed by atoms with E-state index in [0.717, 1.165) is 4.47 Å². The van der Waals surface area contributed by atoms with E-state index in [1.807, 2.05) is 30.3 Å². The van der Waals surface area contributed by atoms with E-state index in [2.05, 4.69) is 29.8 Å². The highest BCUT2D eigenvalue weighted by Gasteiger charge is 1.80. The maximum absolute atomic E-state index is 3.31. The van der Waals surface area contributed by atoms with Crippen molar-refractivity contribution in [2.75, 3.05) is 0 Å². The molecule has 1 rings (SSSR count). The van der Waals surface area contributed by atoms with E-state index in [-0.39, 0.29) is 0 Å². The zero-order valence-corrected chi connectivity index (χ0v) is 10.9. The summed E-state index contributed by atoms with van der Waals surface area (Å²) in [5.74, 6) is 0. The van der Waals surface area contributed by atoms with Crippen LogP contribution in [-0.2, 0) is 0 Å². The quantitative estimate of drug-likeness (QED) is 0.631. The average molecular weight is 257 g/mol. The molecule has 0 saturated carbocycles. The fraction of sp³-hybridized carbons (Fsp3) is 0.538. The van der Waals surface area contributed by atoms with Crippen LogP contribution in [0.25, 0.3) is 0 Å². The number of benzene rings is 1. The van der Waals surface area contributed by atoms with E-state index in [1.165, 1.54) is 32.1 Å². The molecule has 0 N–H and O–H groups in total. The number of halogens is 1. The molecule has 0 spiro atoms. The monoisotopic (exact) mass is 256 g/mol. The first-order chi connectivity index (χ1) is 6.81. The average Bonchev–Trinajstić information content (AvgIpc) is 2.21. The Labute approximate surface area is 96.9 Å². The Hall–Kier alpha value is -0.300. The van der Waals surface area contributed by atoms with Crippen molar-refractivity contribution in [3.05, 3.63) is 34.8 Å². The summed E-state index contributed by atoms with van der Waals surface area (Å²) in [6, 6.07) is 9.97. The second-order valence-corrected chi connectivity index (χ2v) is 4.27. The zero-order chi connectivity index (χ0) is 10.6. The molecule has 0 amide bonds. The molecule has 0 nitrogen and oxygen atoms in total. The van der Waals surface area contributed by atoms with Crippen molar-refractivity contribution in [3.63, 3.8) is 0 Å². The van der Waals surface area contributed by atoms with Crippen LogP contribution < -0.4 is 0 Å². The third kappa shape index (κ3) is 9.79. The van der Waals surface area contributed by atoms with Crippen LogP contribution in [0.1, 0.15) is 46.0 Å². The van der Waals surface area contributed by atoms with Crippen molar-refractivity contribution in [2.45, 2.75) is 46.0 Å². The first-order valence-electron chi connectivity index (χ1n) is 5.51. The second kappa shape index (κ2) is 10.8. The maximum Gasteiger partial charge on any atom is 0.0175 e. The highest BCUT2D eigenvalue weighted by atomic mass is 79.9. The van der Waals surface area contributed by atoms with E-state index in [4.69, 9.17) is 0 Å². The van der Waals surface area contributed by atoms with Gasteiger partial charge in [0.15, 0.2) is 0 Å². The number of hydrogen-bond acceptors (Lipinski definition) is 0. The molecule has 14 heavy (non-hydrogen) atoms. The predicted octanol–water partition coefficient (Wildman–Crippen LogP) is 5.43. The third-order valence-corrected chi connectivity index (χ3v) is 2.47. The number of unbranched alkanes of at least 4 members (excludes halogenated alkanes) is 4. The Morgan fingerprint density at radius 3 is 1.64 bits per heavy atom. The van der Waals surface area contributed by atoms with Crippen molar-refractivity contribution in [3.8, 4) is 0 Å². The molecule has 0 unspecified atom stereocenters. The Morgan fingerprint density at radius 2 is 1.36 bits per heavy atom. The van der Waals surface area contributed by atoms with E-state index < -0.39 is 0 Å². The molecule has 1 aromatic rings. The molecule has 0 aliphatic carbocycles. The standard InChI is InChI=1S/C7H16.C6H5Br/c1-3-5-7-6-4-2;7-6-4-2-1-3-5-6/h3-7H2,1-2H3;1-5H.